The largest absolute Gasteiger partial charge is 0.451 e. The van der Waals surface area contributed by atoms with E-state index in [1.54, 1.807) is 0 Å². The minimum Gasteiger partial charge on any atom is -0.451 e. The van der Waals surface area contributed by atoms with Gasteiger partial charge in [0, 0.05) is 5.02 Å². The molecule has 11 heteroatoms. The number of nitrogens with two attached hydrogens (primary N) is 1. The smallest absolute Gasteiger partial charge is 0.359 e. The number of hydrogen-bond donors (Lipinski definition) is 2. The lowest BCUT2D eigenvalue weighted by molar-refractivity contribution is -0.119. The Balaban J connectivity index is 2.04. The first-order chi connectivity index (χ1) is 11.7. The summed E-state index contributed by atoms with van der Waals surface area (Å²) in [4.78, 5) is 27.4. The number of pyridine rings is 1. The van der Waals surface area contributed by atoms with E-state index in [0.717, 1.165) is 6.07 Å². The summed E-state index contributed by atoms with van der Waals surface area (Å²) in [6.07, 6.45) is 0. The normalized spacial score (nSPS) is 10.4. The molecular formula is C14H8Cl4FN3O3. The second-order valence-electron chi connectivity index (χ2n) is 4.54. The maximum absolute atomic E-state index is 13.6. The van der Waals surface area contributed by atoms with Crippen LogP contribution in [-0.2, 0) is 9.53 Å². The molecule has 132 valence electrons. The van der Waals surface area contributed by atoms with E-state index in [4.69, 9.17) is 56.9 Å². The maximum Gasteiger partial charge on any atom is 0.359 e. The molecule has 1 aromatic carbocycles. The van der Waals surface area contributed by atoms with E-state index in [0.29, 0.717) is 0 Å². The molecule has 0 aliphatic rings. The molecule has 2 aromatic rings. The van der Waals surface area contributed by atoms with Crippen LogP contribution in [0.2, 0.25) is 20.2 Å². The van der Waals surface area contributed by atoms with Crippen LogP contribution < -0.4 is 11.1 Å². The number of benzene rings is 1. The van der Waals surface area contributed by atoms with Crippen LogP contribution in [0, 0.1) is 5.82 Å². The van der Waals surface area contributed by atoms with Crippen LogP contribution in [-0.4, -0.2) is 23.5 Å². The Bertz CT molecular complexity index is 864. The fourth-order valence-electron chi connectivity index (χ4n) is 1.64. The lowest BCUT2D eigenvalue weighted by atomic mass is 10.3. The highest BCUT2D eigenvalue weighted by molar-refractivity contribution is 6.46. The number of amides is 1. The van der Waals surface area contributed by atoms with E-state index in [1.807, 2.05) is 0 Å². The molecule has 0 spiro atoms. The van der Waals surface area contributed by atoms with Gasteiger partial charge in [-0.25, -0.2) is 14.2 Å². The van der Waals surface area contributed by atoms with Crippen molar-refractivity contribution >= 4 is 69.7 Å². The van der Waals surface area contributed by atoms with Crippen molar-refractivity contribution in [3.8, 4) is 0 Å². The zero-order valence-electron chi connectivity index (χ0n) is 12.1. The number of nitrogens with zero attached hydrogens (tertiary/aromatic N) is 1. The van der Waals surface area contributed by atoms with E-state index < -0.39 is 30.0 Å². The first kappa shape index (κ1) is 19.5. The lowest BCUT2D eigenvalue weighted by Gasteiger charge is -2.10. The van der Waals surface area contributed by atoms with Gasteiger partial charge in [0.2, 0.25) is 0 Å². The Hall–Kier alpha value is -1.80. The molecule has 1 amide bonds. The molecule has 0 radical (unpaired) electrons. The van der Waals surface area contributed by atoms with Crippen LogP contribution >= 0.6 is 46.4 Å². The van der Waals surface area contributed by atoms with Gasteiger partial charge in [-0.3, -0.25) is 4.79 Å². The third-order valence-corrected chi connectivity index (χ3v) is 4.18. The summed E-state index contributed by atoms with van der Waals surface area (Å²) in [5.74, 6) is -2.59. The molecule has 6 nitrogen and oxygen atoms in total. The second-order valence-corrected chi connectivity index (χ2v) is 6.09. The van der Waals surface area contributed by atoms with Crippen molar-refractivity contribution in [3.63, 3.8) is 0 Å². The molecule has 0 aliphatic heterocycles. The van der Waals surface area contributed by atoms with Gasteiger partial charge >= 0.3 is 5.97 Å². The van der Waals surface area contributed by atoms with E-state index in [-0.39, 0.29) is 31.6 Å². The fourth-order valence-corrected chi connectivity index (χ4v) is 2.39. The third-order valence-electron chi connectivity index (χ3n) is 2.80. The van der Waals surface area contributed by atoms with Crippen molar-refractivity contribution in [3.05, 3.63) is 49.9 Å². The lowest BCUT2D eigenvalue weighted by Crippen LogP contribution is -2.22. The second kappa shape index (κ2) is 8.05. The Morgan fingerprint density at radius 1 is 1.20 bits per heavy atom. The summed E-state index contributed by atoms with van der Waals surface area (Å²) < 4.78 is 18.3. The average molecular weight is 427 g/mol. The van der Waals surface area contributed by atoms with Crippen LogP contribution in [0.5, 0.6) is 0 Å². The number of ether oxygens (including phenoxy) is 1. The van der Waals surface area contributed by atoms with E-state index in [1.165, 1.54) is 12.1 Å². The zero-order valence-corrected chi connectivity index (χ0v) is 15.1. The standard InChI is InChI=1S/C14H8Cl4FN3O3/c15-5-1-2-7(6(19)3-5)21-8(23)4-25-14(24)12-9(16)11(20)10(17)13(18)22-12/h1-3H,4H2,(H2,20,22)(H,21,23). The number of hydrogen-bond acceptors (Lipinski definition) is 5. The van der Waals surface area contributed by atoms with Gasteiger partial charge in [-0.1, -0.05) is 46.4 Å². The van der Waals surface area contributed by atoms with Crippen LogP contribution in [0.1, 0.15) is 10.5 Å². The highest BCUT2D eigenvalue weighted by atomic mass is 35.5. The number of halogens is 5. The number of anilines is 2. The number of esters is 1. The minimum absolute atomic E-state index is 0.112. The number of nitrogen functional groups attached to an aromatic ring is 1. The van der Waals surface area contributed by atoms with E-state index in [9.17, 15) is 14.0 Å². The minimum atomic E-state index is -1.05. The summed E-state index contributed by atoms with van der Waals surface area (Å²) in [5, 5.41) is 1.76. The molecule has 0 fully saturated rings. The van der Waals surface area contributed by atoms with Crippen molar-refractivity contribution in [2.45, 2.75) is 0 Å². The van der Waals surface area contributed by atoms with Crippen LogP contribution in [0.15, 0.2) is 18.2 Å². The quantitative estimate of drug-likeness (QED) is 0.564. The van der Waals surface area contributed by atoms with Gasteiger partial charge in [0.15, 0.2) is 17.5 Å². The van der Waals surface area contributed by atoms with Gasteiger partial charge in [0.25, 0.3) is 5.91 Å². The van der Waals surface area contributed by atoms with E-state index >= 15 is 0 Å². The molecule has 2 rings (SSSR count). The van der Waals surface area contributed by atoms with Crippen molar-refractivity contribution < 1.29 is 18.7 Å². The highest BCUT2D eigenvalue weighted by Gasteiger charge is 2.21. The molecule has 0 saturated carbocycles. The number of rotatable bonds is 4. The van der Waals surface area contributed by atoms with Gasteiger partial charge in [0.05, 0.1) is 16.4 Å². The molecule has 1 aromatic heterocycles. The Morgan fingerprint density at radius 3 is 2.52 bits per heavy atom. The number of carbonyl (C=O) groups excluding carboxylic acids is 2. The molecule has 0 atom stereocenters. The molecule has 25 heavy (non-hydrogen) atoms. The summed E-state index contributed by atoms with van der Waals surface area (Å²) in [6.45, 7) is -0.723. The van der Waals surface area contributed by atoms with Gasteiger partial charge in [-0.05, 0) is 18.2 Å². The SMILES string of the molecule is Nc1c(Cl)c(Cl)nc(C(=O)OCC(=O)Nc2ccc(Cl)cc2F)c1Cl. The summed E-state index contributed by atoms with van der Waals surface area (Å²) in [6, 6.07) is 3.66. The van der Waals surface area contributed by atoms with Gasteiger partial charge in [-0.2, -0.15) is 0 Å². The molecule has 0 aliphatic carbocycles. The Labute approximate surface area is 161 Å². The fraction of sp³-hybridized carbons (Fsp3) is 0.0714. The van der Waals surface area contributed by atoms with Crippen LogP contribution in [0.3, 0.4) is 0 Å². The highest BCUT2D eigenvalue weighted by Crippen LogP contribution is 2.34. The molecule has 1 heterocycles. The first-order valence-electron chi connectivity index (χ1n) is 6.42. The van der Waals surface area contributed by atoms with Crippen molar-refractivity contribution in [2.75, 3.05) is 17.7 Å². The Kier molecular flexibility index (Phi) is 6.29. The predicted molar refractivity (Wildman–Crippen MR) is 94.0 cm³/mol. The predicted octanol–water partition coefficient (Wildman–Crippen LogP) is 4.21. The van der Waals surface area contributed by atoms with Gasteiger partial charge in [-0.15, -0.1) is 0 Å². The Morgan fingerprint density at radius 2 is 1.88 bits per heavy atom. The molecule has 0 saturated heterocycles. The van der Waals surface area contributed by atoms with Crippen LogP contribution in [0.4, 0.5) is 15.8 Å². The maximum atomic E-state index is 13.6. The monoisotopic (exact) mass is 425 g/mol. The molecule has 3 N–H and O–H groups in total. The third kappa shape index (κ3) is 4.64. The summed E-state index contributed by atoms with van der Waals surface area (Å²) >= 11 is 22.9. The number of aromatic nitrogens is 1. The molecular weight excluding hydrogens is 419 g/mol. The van der Waals surface area contributed by atoms with Gasteiger partial charge in [0.1, 0.15) is 10.8 Å². The van der Waals surface area contributed by atoms with Crippen molar-refractivity contribution in [2.24, 2.45) is 0 Å². The summed E-state index contributed by atoms with van der Waals surface area (Å²) in [7, 11) is 0. The molecule has 0 bridgehead atoms. The van der Waals surface area contributed by atoms with Crippen molar-refractivity contribution in [1.29, 1.82) is 0 Å². The summed E-state index contributed by atoms with van der Waals surface area (Å²) in [5.41, 5.74) is 4.90. The zero-order chi connectivity index (χ0) is 18.7. The van der Waals surface area contributed by atoms with E-state index in [2.05, 4.69) is 10.3 Å². The topological polar surface area (TPSA) is 94.3 Å². The molecule has 0 unspecified atom stereocenters. The average Bonchev–Trinajstić information content (AvgIpc) is 2.56. The first-order valence-corrected chi connectivity index (χ1v) is 7.94. The van der Waals surface area contributed by atoms with Crippen LogP contribution in [0.25, 0.3) is 0 Å². The van der Waals surface area contributed by atoms with Gasteiger partial charge < -0.3 is 15.8 Å². The number of nitrogens with one attached hydrogen (secondary N) is 1. The number of carbonyl (C=O) groups is 2. The van der Waals surface area contributed by atoms with Crippen molar-refractivity contribution in [1.82, 2.24) is 4.98 Å².